The van der Waals surface area contributed by atoms with Crippen molar-refractivity contribution < 1.29 is 4.74 Å². The lowest BCUT2D eigenvalue weighted by molar-refractivity contribution is 0.216. The van der Waals surface area contributed by atoms with Gasteiger partial charge in [0.1, 0.15) is 17.7 Å². The second-order valence-electron chi connectivity index (χ2n) is 8.53. The van der Waals surface area contributed by atoms with Crippen LogP contribution in [0.4, 0.5) is 5.69 Å². The number of pyridine rings is 1. The monoisotopic (exact) mass is 391 g/mol. The van der Waals surface area contributed by atoms with Gasteiger partial charge in [0.15, 0.2) is 0 Å². The van der Waals surface area contributed by atoms with E-state index in [4.69, 9.17) is 4.74 Å². The van der Waals surface area contributed by atoms with E-state index in [0.717, 1.165) is 19.3 Å². The Labute approximate surface area is 170 Å². The Morgan fingerprint density at radius 3 is 3.03 bits per heavy atom. The highest BCUT2D eigenvalue weighted by Crippen LogP contribution is 2.38. The number of hydrogen-bond acceptors (Lipinski definition) is 6. The number of nitrogens with zero attached hydrogens (tertiary/aromatic N) is 4. The van der Waals surface area contributed by atoms with Gasteiger partial charge >= 0.3 is 0 Å². The number of aromatic amines is 1. The molecule has 0 bridgehead atoms. The molecule has 1 aliphatic heterocycles. The molecule has 7 nitrogen and oxygen atoms in total. The van der Waals surface area contributed by atoms with E-state index < -0.39 is 5.56 Å². The Morgan fingerprint density at radius 2 is 2.28 bits per heavy atom. The molecule has 1 saturated heterocycles. The van der Waals surface area contributed by atoms with Gasteiger partial charge in [0.25, 0.3) is 5.56 Å². The summed E-state index contributed by atoms with van der Waals surface area (Å²) in [6, 6.07) is 6.03. The van der Waals surface area contributed by atoms with Gasteiger partial charge in [-0.3, -0.25) is 4.79 Å². The quantitative estimate of drug-likeness (QED) is 0.859. The lowest BCUT2D eigenvalue weighted by Gasteiger charge is -2.28. The van der Waals surface area contributed by atoms with E-state index >= 15 is 0 Å². The molecule has 0 spiro atoms. The molecule has 0 amide bonds. The highest BCUT2D eigenvalue weighted by atomic mass is 16.5. The lowest BCUT2D eigenvalue weighted by Crippen LogP contribution is -2.27. The standard InChI is InChI=1S/C22H25N5O2/c1-22(2)7-3-15(4-8-22)16-5-9-24-20(11-16)29-17-6-10-27(14-17)19-13-25-26-21(28)18(19)12-23/h3,5,9,11,13,17H,4,6-8,10,14H2,1-2H3,(H,26,28)/t17-/m1/s1. The predicted octanol–water partition coefficient (Wildman–Crippen LogP) is 3.29. The van der Waals surface area contributed by atoms with Gasteiger partial charge < -0.3 is 9.64 Å². The number of rotatable bonds is 4. The fraction of sp³-hybridized carbons (Fsp3) is 0.455. The number of ether oxygens (including phenoxy) is 1. The summed E-state index contributed by atoms with van der Waals surface area (Å²) in [6.45, 7) is 5.90. The fourth-order valence-corrected chi connectivity index (χ4v) is 3.96. The van der Waals surface area contributed by atoms with Crippen molar-refractivity contribution in [2.24, 2.45) is 5.41 Å². The normalized spacial score (nSPS) is 20.8. The molecular weight excluding hydrogens is 366 g/mol. The second kappa shape index (κ2) is 7.70. The van der Waals surface area contributed by atoms with Crippen molar-refractivity contribution in [3.63, 3.8) is 0 Å². The first-order valence-electron chi connectivity index (χ1n) is 10.00. The topological polar surface area (TPSA) is 94.9 Å². The third-order valence-electron chi connectivity index (χ3n) is 5.80. The molecule has 1 atom stereocenters. The van der Waals surface area contributed by atoms with Gasteiger partial charge in [0, 0.05) is 25.2 Å². The maximum atomic E-state index is 11.8. The van der Waals surface area contributed by atoms with Crippen LogP contribution in [0.15, 0.2) is 35.4 Å². The molecule has 3 heterocycles. The summed E-state index contributed by atoms with van der Waals surface area (Å²) in [4.78, 5) is 18.2. The van der Waals surface area contributed by atoms with Crippen molar-refractivity contribution in [2.75, 3.05) is 18.0 Å². The van der Waals surface area contributed by atoms with Gasteiger partial charge in [-0.05, 0) is 41.9 Å². The van der Waals surface area contributed by atoms with Crippen molar-refractivity contribution in [1.29, 1.82) is 5.26 Å². The van der Waals surface area contributed by atoms with E-state index in [1.807, 2.05) is 23.1 Å². The van der Waals surface area contributed by atoms with E-state index in [1.165, 1.54) is 23.8 Å². The molecule has 7 heteroatoms. The predicted molar refractivity (Wildman–Crippen MR) is 111 cm³/mol. The average molecular weight is 391 g/mol. The molecular formula is C22H25N5O2. The molecule has 2 aromatic rings. The molecule has 1 fully saturated rings. The van der Waals surface area contributed by atoms with Gasteiger partial charge in [0.2, 0.25) is 5.88 Å². The summed E-state index contributed by atoms with van der Waals surface area (Å²) in [5, 5.41) is 15.4. The van der Waals surface area contributed by atoms with Crippen LogP contribution in [0.3, 0.4) is 0 Å². The minimum Gasteiger partial charge on any atom is -0.472 e. The van der Waals surface area contributed by atoms with Crippen LogP contribution >= 0.6 is 0 Å². The van der Waals surface area contributed by atoms with Crippen LogP contribution in [0.5, 0.6) is 5.88 Å². The molecule has 0 aromatic carbocycles. The Bertz CT molecular complexity index is 1030. The van der Waals surface area contributed by atoms with Crippen LogP contribution in [0.2, 0.25) is 0 Å². The van der Waals surface area contributed by atoms with Gasteiger partial charge in [-0.2, -0.15) is 10.4 Å². The summed E-state index contributed by atoms with van der Waals surface area (Å²) < 4.78 is 6.13. The van der Waals surface area contributed by atoms with Crippen LogP contribution in [0.1, 0.15) is 50.7 Å². The van der Waals surface area contributed by atoms with Crippen LogP contribution < -0.4 is 15.2 Å². The Balaban J connectivity index is 1.45. The third kappa shape index (κ3) is 4.16. The molecule has 150 valence electrons. The Hall–Kier alpha value is -3.14. The second-order valence-corrected chi connectivity index (χ2v) is 8.53. The summed E-state index contributed by atoms with van der Waals surface area (Å²) in [6.07, 6.45) is 9.74. The zero-order chi connectivity index (χ0) is 20.4. The van der Waals surface area contributed by atoms with E-state index in [2.05, 4.69) is 35.1 Å². The van der Waals surface area contributed by atoms with Crippen LogP contribution in [0.25, 0.3) is 5.57 Å². The molecule has 2 aromatic heterocycles. The molecule has 1 N–H and O–H groups in total. The van der Waals surface area contributed by atoms with Crippen LogP contribution in [0, 0.1) is 16.7 Å². The van der Waals surface area contributed by atoms with Gasteiger partial charge in [-0.25, -0.2) is 10.1 Å². The zero-order valence-corrected chi connectivity index (χ0v) is 16.8. The van der Waals surface area contributed by atoms with Crippen LogP contribution in [-0.2, 0) is 0 Å². The maximum absolute atomic E-state index is 11.8. The first-order valence-corrected chi connectivity index (χ1v) is 10.00. The molecule has 1 aliphatic carbocycles. The van der Waals surface area contributed by atoms with Crippen molar-refractivity contribution in [1.82, 2.24) is 15.2 Å². The number of H-pyrrole nitrogens is 1. The minimum atomic E-state index is -0.465. The third-order valence-corrected chi connectivity index (χ3v) is 5.80. The SMILES string of the molecule is CC1(C)CC=C(c2ccnc(O[C@@H]3CCN(c4cn[nH]c(=O)c4C#N)C3)c2)CC1. The summed E-state index contributed by atoms with van der Waals surface area (Å²) in [7, 11) is 0. The summed E-state index contributed by atoms with van der Waals surface area (Å²) in [5.41, 5.74) is 3.09. The fourth-order valence-electron chi connectivity index (χ4n) is 3.96. The van der Waals surface area contributed by atoms with Crippen molar-refractivity contribution >= 4 is 11.3 Å². The molecule has 29 heavy (non-hydrogen) atoms. The number of anilines is 1. The summed E-state index contributed by atoms with van der Waals surface area (Å²) >= 11 is 0. The first kappa shape index (κ1) is 19.2. The number of nitrogens with one attached hydrogen (secondary N) is 1. The molecule has 0 radical (unpaired) electrons. The van der Waals surface area contributed by atoms with E-state index in [9.17, 15) is 10.1 Å². The van der Waals surface area contributed by atoms with E-state index in [1.54, 1.807) is 6.20 Å². The maximum Gasteiger partial charge on any atom is 0.284 e. The Morgan fingerprint density at radius 1 is 1.41 bits per heavy atom. The highest BCUT2D eigenvalue weighted by molar-refractivity contribution is 5.67. The molecule has 0 saturated carbocycles. The van der Waals surface area contributed by atoms with Gasteiger partial charge in [-0.15, -0.1) is 0 Å². The van der Waals surface area contributed by atoms with Crippen molar-refractivity contribution in [3.8, 4) is 11.9 Å². The average Bonchev–Trinajstić information content (AvgIpc) is 3.16. The van der Waals surface area contributed by atoms with E-state index in [0.29, 0.717) is 30.1 Å². The number of aromatic nitrogens is 3. The molecule has 0 unspecified atom stereocenters. The number of hydrogen-bond donors (Lipinski definition) is 1. The van der Waals surface area contributed by atoms with Crippen molar-refractivity contribution in [2.45, 2.75) is 45.6 Å². The van der Waals surface area contributed by atoms with Gasteiger partial charge in [0.05, 0.1) is 18.4 Å². The largest absolute Gasteiger partial charge is 0.472 e. The lowest BCUT2D eigenvalue weighted by atomic mass is 9.77. The number of allylic oxidation sites excluding steroid dienone is 2. The molecule has 2 aliphatic rings. The highest BCUT2D eigenvalue weighted by Gasteiger charge is 2.27. The Kier molecular flexibility index (Phi) is 5.10. The first-order chi connectivity index (χ1) is 13.9. The van der Waals surface area contributed by atoms with Crippen LogP contribution in [-0.4, -0.2) is 34.4 Å². The minimum absolute atomic E-state index is 0.0529. The smallest absolute Gasteiger partial charge is 0.284 e. The van der Waals surface area contributed by atoms with E-state index in [-0.39, 0.29) is 11.7 Å². The zero-order valence-electron chi connectivity index (χ0n) is 16.8. The van der Waals surface area contributed by atoms with Crippen molar-refractivity contribution in [3.05, 3.63) is 52.1 Å². The number of nitriles is 1. The molecule has 4 rings (SSSR count). The summed E-state index contributed by atoms with van der Waals surface area (Å²) in [5.74, 6) is 0.615. The van der Waals surface area contributed by atoms with Gasteiger partial charge in [-0.1, -0.05) is 19.9 Å².